The third-order valence-electron chi connectivity index (χ3n) is 6.30. The molecule has 0 rings (SSSR count). The molecule has 196 valence electrons. The first kappa shape index (κ1) is 32.6. The molecule has 2 atom stereocenters. The molecule has 0 saturated heterocycles. The number of hydrogen-bond acceptors (Lipinski definition) is 2. The number of nitrogens with zero attached hydrogens (tertiary/aromatic N) is 1. The predicted molar refractivity (Wildman–Crippen MR) is 146 cm³/mol. The summed E-state index contributed by atoms with van der Waals surface area (Å²) < 4.78 is 18.6. The molecule has 2 unspecified atom stereocenters. The van der Waals surface area contributed by atoms with Gasteiger partial charge in [0.15, 0.2) is 5.78 Å². The fourth-order valence-electron chi connectivity index (χ4n) is 4.27. The molecular formula is C28H57NO3P+. The largest absolute Gasteiger partial charge is 0.385 e. The minimum atomic E-state index is -3.57. The minimum Gasteiger partial charge on any atom is -0.320 e. The third kappa shape index (κ3) is 19.6. The predicted octanol–water partition coefficient (Wildman–Crippen LogP) is 9.00. The second kappa shape index (κ2) is 20.9. The molecule has 0 aromatic carbocycles. The van der Waals surface area contributed by atoms with Crippen LogP contribution in [0.25, 0.3) is 0 Å². The van der Waals surface area contributed by atoms with E-state index in [1.807, 2.05) is 27.2 Å². The maximum absolute atomic E-state index is 12.7. The van der Waals surface area contributed by atoms with E-state index in [0.29, 0.717) is 17.5 Å². The van der Waals surface area contributed by atoms with Crippen molar-refractivity contribution in [2.24, 2.45) is 0 Å². The Morgan fingerprint density at radius 1 is 0.788 bits per heavy atom. The monoisotopic (exact) mass is 486 g/mol. The van der Waals surface area contributed by atoms with Gasteiger partial charge in [0.05, 0.1) is 27.7 Å². The molecule has 0 saturated carbocycles. The highest BCUT2D eigenvalue weighted by atomic mass is 31.2. The lowest BCUT2D eigenvalue weighted by Gasteiger charge is -2.35. The quantitative estimate of drug-likeness (QED) is 0.0640. The molecule has 0 aliphatic carbocycles. The van der Waals surface area contributed by atoms with Crippen LogP contribution in [0.3, 0.4) is 0 Å². The van der Waals surface area contributed by atoms with E-state index >= 15 is 0 Å². The van der Waals surface area contributed by atoms with Crippen molar-refractivity contribution in [1.82, 2.24) is 0 Å². The van der Waals surface area contributed by atoms with Crippen LogP contribution in [0.1, 0.15) is 122 Å². The smallest absolute Gasteiger partial charge is 0.320 e. The first-order valence-electron chi connectivity index (χ1n) is 13.8. The molecule has 0 spiro atoms. The maximum atomic E-state index is 12.7. The second-order valence-corrected chi connectivity index (χ2v) is 12.5. The fourth-order valence-corrected chi connectivity index (χ4v) is 6.29. The molecule has 33 heavy (non-hydrogen) atoms. The van der Waals surface area contributed by atoms with Crippen molar-refractivity contribution in [2.75, 3.05) is 27.7 Å². The number of unbranched alkanes of at least 4 members (excludes halogenated alkanes) is 14. The summed E-state index contributed by atoms with van der Waals surface area (Å²) in [7, 11) is 2.34. The molecule has 1 N–H and O–H groups in total. The van der Waals surface area contributed by atoms with Crippen LogP contribution in [-0.4, -0.2) is 42.9 Å². The topological polar surface area (TPSA) is 46.5 Å². The summed E-state index contributed by atoms with van der Waals surface area (Å²) in [6.45, 7) is 6.22. The average molecular weight is 487 g/mol. The number of quaternary nitrogens is 1. The highest BCUT2D eigenvalue weighted by molar-refractivity contribution is 7.53. The van der Waals surface area contributed by atoms with Gasteiger partial charge >= 0.3 is 7.60 Å². The minimum absolute atomic E-state index is 0.338. The maximum Gasteiger partial charge on any atom is 0.385 e. The van der Waals surface area contributed by atoms with Crippen molar-refractivity contribution in [3.63, 3.8) is 0 Å². The summed E-state index contributed by atoms with van der Waals surface area (Å²) >= 11 is 0. The zero-order chi connectivity index (χ0) is 24.8. The van der Waals surface area contributed by atoms with E-state index in [1.54, 1.807) is 0 Å². The number of rotatable bonds is 24. The molecule has 0 aromatic rings. The number of allylic oxidation sites excluding steroid dienone is 3. The van der Waals surface area contributed by atoms with Crippen LogP contribution >= 0.6 is 7.60 Å². The third-order valence-corrected chi connectivity index (χ3v) is 8.56. The summed E-state index contributed by atoms with van der Waals surface area (Å²) in [4.78, 5) is 10.4. The van der Waals surface area contributed by atoms with Crippen molar-refractivity contribution in [2.45, 2.75) is 128 Å². The molecule has 4 nitrogen and oxygen atoms in total. The molecule has 0 heterocycles. The average Bonchev–Trinajstić information content (AvgIpc) is 2.75. The lowest BCUT2D eigenvalue weighted by molar-refractivity contribution is -0.883. The van der Waals surface area contributed by atoms with Crippen molar-refractivity contribution >= 4 is 7.60 Å². The SMILES string of the molecule is C=CCCCCCCC/C=C\CCCCCCCCCCOP(=O)(O)C(CCC)[N+](C)(C)C. The molecule has 0 aromatic heterocycles. The summed E-state index contributed by atoms with van der Waals surface area (Å²) in [5.74, 6) is -0.338. The van der Waals surface area contributed by atoms with Crippen LogP contribution in [0.15, 0.2) is 24.8 Å². The van der Waals surface area contributed by atoms with E-state index in [2.05, 4.69) is 25.7 Å². The van der Waals surface area contributed by atoms with Gasteiger partial charge in [-0.25, -0.2) is 0 Å². The van der Waals surface area contributed by atoms with Crippen LogP contribution in [0.2, 0.25) is 0 Å². The van der Waals surface area contributed by atoms with Gasteiger partial charge in [-0.3, -0.25) is 4.57 Å². The van der Waals surface area contributed by atoms with Crippen LogP contribution in [0, 0.1) is 0 Å². The van der Waals surface area contributed by atoms with Crippen LogP contribution in [-0.2, 0) is 9.09 Å². The zero-order valence-electron chi connectivity index (χ0n) is 22.6. The van der Waals surface area contributed by atoms with Gasteiger partial charge in [0, 0.05) is 6.42 Å². The van der Waals surface area contributed by atoms with Crippen molar-refractivity contribution in [3.05, 3.63) is 24.8 Å². The van der Waals surface area contributed by atoms with E-state index < -0.39 is 7.60 Å². The lowest BCUT2D eigenvalue weighted by atomic mass is 10.1. The molecular weight excluding hydrogens is 429 g/mol. The van der Waals surface area contributed by atoms with Crippen molar-refractivity contribution in [1.29, 1.82) is 0 Å². The fraction of sp³-hybridized carbons (Fsp3) is 0.857. The standard InChI is InChI=1S/C28H56NO3P/c1-6-8-9-10-11-12-13-14-15-16-17-18-19-20-21-22-23-24-25-27-32-33(30,31)28(26-7-2)29(3,4)5/h6,15-16,28H,1,7-14,17-27H2,2-5H3/p+1/b16-15-. The van der Waals surface area contributed by atoms with E-state index in [1.165, 1.54) is 89.9 Å². The van der Waals surface area contributed by atoms with E-state index in [-0.39, 0.29) is 5.78 Å². The van der Waals surface area contributed by atoms with Gasteiger partial charge < -0.3 is 13.9 Å². The van der Waals surface area contributed by atoms with Gasteiger partial charge in [-0.2, -0.15) is 0 Å². The molecule has 0 radical (unpaired) electrons. The highest BCUT2D eigenvalue weighted by Gasteiger charge is 2.41. The normalized spacial score (nSPS) is 15.1. The Balaban J connectivity index is 3.52. The van der Waals surface area contributed by atoms with E-state index in [4.69, 9.17) is 4.52 Å². The molecule has 0 amide bonds. The van der Waals surface area contributed by atoms with Crippen molar-refractivity contribution < 1.29 is 18.5 Å². The van der Waals surface area contributed by atoms with Crippen molar-refractivity contribution in [3.8, 4) is 0 Å². The van der Waals surface area contributed by atoms with Gasteiger partial charge in [-0.1, -0.05) is 82.9 Å². The highest BCUT2D eigenvalue weighted by Crippen LogP contribution is 2.51. The van der Waals surface area contributed by atoms with E-state index in [9.17, 15) is 9.46 Å². The Morgan fingerprint density at radius 2 is 1.21 bits per heavy atom. The van der Waals surface area contributed by atoms with Gasteiger partial charge in [0.2, 0.25) is 0 Å². The number of hydrogen-bond donors (Lipinski definition) is 1. The van der Waals surface area contributed by atoms with Gasteiger partial charge in [-0.05, 0) is 51.4 Å². The van der Waals surface area contributed by atoms with Crippen LogP contribution in [0.5, 0.6) is 0 Å². The molecule has 0 aliphatic rings. The lowest BCUT2D eigenvalue weighted by Crippen LogP contribution is -2.45. The van der Waals surface area contributed by atoms with Crippen LogP contribution < -0.4 is 0 Å². The van der Waals surface area contributed by atoms with Gasteiger partial charge in [-0.15, -0.1) is 6.58 Å². The first-order valence-corrected chi connectivity index (χ1v) is 15.4. The molecule has 0 fully saturated rings. The first-order chi connectivity index (χ1) is 15.8. The van der Waals surface area contributed by atoms with E-state index in [0.717, 1.165) is 19.3 Å². The van der Waals surface area contributed by atoms with Crippen LogP contribution in [0.4, 0.5) is 0 Å². The summed E-state index contributed by atoms with van der Waals surface area (Å²) in [5.41, 5.74) is 0. The van der Waals surface area contributed by atoms with Gasteiger partial charge in [0.25, 0.3) is 0 Å². The summed E-state index contributed by atoms with van der Waals surface area (Å²) in [6.07, 6.45) is 28.4. The summed E-state index contributed by atoms with van der Waals surface area (Å²) in [5, 5.41) is 0. The molecule has 0 bridgehead atoms. The Bertz CT molecular complexity index is 528. The Hall–Kier alpha value is -0.410. The second-order valence-electron chi connectivity index (χ2n) is 10.5. The zero-order valence-corrected chi connectivity index (χ0v) is 23.5. The Morgan fingerprint density at radius 3 is 1.64 bits per heavy atom. The molecule has 0 aliphatic heterocycles. The van der Waals surface area contributed by atoms with Gasteiger partial charge in [0.1, 0.15) is 0 Å². The summed E-state index contributed by atoms with van der Waals surface area (Å²) in [6, 6.07) is 0. The molecule has 5 heteroatoms. The Kier molecular flexibility index (Phi) is 20.7. The Labute approximate surface area is 207 Å².